The average Bonchev–Trinajstić information content (AvgIpc) is 2.45. The third kappa shape index (κ3) is 4.62. The van der Waals surface area contributed by atoms with Crippen molar-refractivity contribution in [2.45, 2.75) is 44.8 Å². The topological polar surface area (TPSA) is 47.6 Å². The summed E-state index contributed by atoms with van der Waals surface area (Å²) in [6.45, 7) is 3.22. The van der Waals surface area contributed by atoms with Gasteiger partial charge in [-0.1, -0.05) is 12.8 Å². The lowest BCUT2D eigenvalue weighted by Crippen LogP contribution is -2.39. The zero-order valence-electron chi connectivity index (χ0n) is 9.62. The summed E-state index contributed by atoms with van der Waals surface area (Å²) in [5, 5.41) is 3.21. The van der Waals surface area contributed by atoms with Gasteiger partial charge in [-0.05, 0) is 26.3 Å². The van der Waals surface area contributed by atoms with Crippen LogP contribution in [0, 0.1) is 0 Å². The van der Waals surface area contributed by atoms with Crippen LogP contribution in [0.5, 0.6) is 0 Å². The summed E-state index contributed by atoms with van der Waals surface area (Å²) in [7, 11) is 1.61. The molecule has 0 spiro atoms. The number of methoxy groups -OCH3 is 1. The summed E-state index contributed by atoms with van der Waals surface area (Å²) in [6, 6.07) is -0.119. The van der Waals surface area contributed by atoms with E-state index in [0.29, 0.717) is 6.61 Å². The molecule has 4 heteroatoms. The van der Waals surface area contributed by atoms with Gasteiger partial charge in [0, 0.05) is 7.11 Å². The van der Waals surface area contributed by atoms with E-state index in [9.17, 15) is 4.79 Å². The minimum absolute atomic E-state index is 0.119. The Labute approximate surface area is 91.3 Å². The number of hydrogen-bond acceptors (Lipinski definition) is 4. The van der Waals surface area contributed by atoms with Crippen molar-refractivity contribution in [3.63, 3.8) is 0 Å². The van der Waals surface area contributed by atoms with Crippen LogP contribution in [0.4, 0.5) is 0 Å². The van der Waals surface area contributed by atoms with Gasteiger partial charge in [-0.2, -0.15) is 0 Å². The average molecular weight is 215 g/mol. The van der Waals surface area contributed by atoms with Crippen molar-refractivity contribution in [1.29, 1.82) is 0 Å². The predicted molar refractivity (Wildman–Crippen MR) is 57.7 cm³/mol. The molecule has 15 heavy (non-hydrogen) atoms. The highest BCUT2D eigenvalue weighted by molar-refractivity contribution is 5.75. The Morgan fingerprint density at radius 3 is 3.00 bits per heavy atom. The van der Waals surface area contributed by atoms with E-state index in [4.69, 9.17) is 9.47 Å². The first kappa shape index (κ1) is 12.5. The van der Waals surface area contributed by atoms with E-state index >= 15 is 0 Å². The van der Waals surface area contributed by atoms with Crippen LogP contribution in [0.1, 0.15) is 32.6 Å². The number of hydrogen-bond donors (Lipinski definition) is 1. The fraction of sp³-hybridized carbons (Fsp3) is 0.909. The SMILES string of the molecule is COCC(C)OC(=O)C1CCCCCN1. The van der Waals surface area contributed by atoms with E-state index in [-0.39, 0.29) is 18.1 Å². The molecule has 0 amide bonds. The summed E-state index contributed by atoms with van der Waals surface area (Å²) in [5.74, 6) is -0.138. The second-order valence-electron chi connectivity index (χ2n) is 4.06. The normalized spacial score (nSPS) is 24.3. The Kier molecular flexibility index (Phi) is 5.65. The molecule has 1 aliphatic rings. The third-order valence-electron chi connectivity index (χ3n) is 2.56. The fourth-order valence-corrected chi connectivity index (χ4v) is 1.78. The Morgan fingerprint density at radius 2 is 2.27 bits per heavy atom. The van der Waals surface area contributed by atoms with Crippen LogP contribution in [0.15, 0.2) is 0 Å². The van der Waals surface area contributed by atoms with Gasteiger partial charge in [0.2, 0.25) is 0 Å². The second kappa shape index (κ2) is 6.80. The molecule has 88 valence electrons. The highest BCUT2D eigenvalue weighted by Gasteiger charge is 2.22. The zero-order chi connectivity index (χ0) is 11.1. The van der Waals surface area contributed by atoms with Gasteiger partial charge >= 0.3 is 5.97 Å². The van der Waals surface area contributed by atoms with Crippen LogP contribution in [0.25, 0.3) is 0 Å². The molecule has 0 aromatic carbocycles. The van der Waals surface area contributed by atoms with Gasteiger partial charge in [0.05, 0.1) is 6.61 Å². The lowest BCUT2D eigenvalue weighted by molar-refractivity contribution is -0.153. The van der Waals surface area contributed by atoms with Crippen LogP contribution < -0.4 is 5.32 Å². The maximum absolute atomic E-state index is 11.7. The van der Waals surface area contributed by atoms with Crippen molar-refractivity contribution < 1.29 is 14.3 Å². The fourth-order valence-electron chi connectivity index (χ4n) is 1.78. The van der Waals surface area contributed by atoms with Gasteiger partial charge in [-0.3, -0.25) is 4.79 Å². The first-order chi connectivity index (χ1) is 7.24. The van der Waals surface area contributed by atoms with Gasteiger partial charge in [-0.25, -0.2) is 0 Å². The Hall–Kier alpha value is -0.610. The van der Waals surface area contributed by atoms with Crippen LogP contribution >= 0.6 is 0 Å². The number of rotatable bonds is 4. The maximum atomic E-state index is 11.7. The van der Waals surface area contributed by atoms with Crippen molar-refractivity contribution in [3.8, 4) is 0 Å². The standard InChI is InChI=1S/C11H21NO3/c1-9(8-14-2)15-11(13)10-6-4-3-5-7-12-10/h9-10,12H,3-8H2,1-2H3. The van der Waals surface area contributed by atoms with E-state index in [1.54, 1.807) is 7.11 Å². The van der Waals surface area contributed by atoms with Gasteiger partial charge in [0.15, 0.2) is 0 Å². The molecular formula is C11H21NO3. The molecule has 2 atom stereocenters. The van der Waals surface area contributed by atoms with E-state index in [0.717, 1.165) is 25.8 Å². The van der Waals surface area contributed by atoms with Gasteiger partial charge in [0.1, 0.15) is 12.1 Å². The molecule has 0 radical (unpaired) electrons. The molecule has 0 aromatic heterocycles. The molecule has 2 unspecified atom stereocenters. The minimum atomic E-state index is -0.160. The Morgan fingerprint density at radius 1 is 1.47 bits per heavy atom. The van der Waals surface area contributed by atoms with Gasteiger partial charge < -0.3 is 14.8 Å². The van der Waals surface area contributed by atoms with E-state index in [2.05, 4.69) is 5.32 Å². The lowest BCUT2D eigenvalue weighted by Gasteiger charge is -2.18. The number of ether oxygens (including phenoxy) is 2. The molecule has 1 rings (SSSR count). The molecule has 1 heterocycles. The number of carbonyl (C=O) groups is 1. The zero-order valence-corrected chi connectivity index (χ0v) is 9.62. The molecule has 1 fully saturated rings. The maximum Gasteiger partial charge on any atom is 0.323 e. The minimum Gasteiger partial charge on any atom is -0.459 e. The molecule has 0 saturated carbocycles. The largest absolute Gasteiger partial charge is 0.459 e. The quantitative estimate of drug-likeness (QED) is 0.713. The smallest absolute Gasteiger partial charge is 0.323 e. The van der Waals surface area contributed by atoms with Crippen LogP contribution in [0.3, 0.4) is 0 Å². The monoisotopic (exact) mass is 215 g/mol. The third-order valence-corrected chi connectivity index (χ3v) is 2.56. The first-order valence-corrected chi connectivity index (χ1v) is 5.67. The number of esters is 1. The van der Waals surface area contributed by atoms with Crippen molar-refractivity contribution in [1.82, 2.24) is 5.32 Å². The summed E-state index contributed by atoms with van der Waals surface area (Å²) in [6.07, 6.45) is 4.18. The molecule has 1 aliphatic heterocycles. The van der Waals surface area contributed by atoms with Gasteiger partial charge in [-0.15, -0.1) is 0 Å². The second-order valence-corrected chi connectivity index (χ2v) is 4.06. The molecule has 0 bridgehead atoms. The van der Waals surface area contributed by atoms with Crippen molar-refractivity contribution in [3.05, 3.63) is 0 Å². The summed E-state index contributed by atoms with van der Waals surface area (Å²) in [4.78, 5) is 11.7. The van der Waals surface area contributed by atoms with Gasteiger partial charge in [0.25, 0.3) is 0 Å². The predicted octanol–water partition coefficient (Wildman–Crippen LogP) is 1.10. The van der Waals surface area contributed by atoms with Crippen molar-refractivity contribution >= 4 is 5.97 Å². The molecule has 4 nitrogen and oxygen atoms in total. The number of carbonyl (C=O) groups excluding carboxylic acids is 1. The Balaban J connectivity index is 2.30. The van der Waals surface area contributed by atoms with E-state index in [1.807, 2.05) is 6.92 Å². The molecular weight excluding hydrogens is 194 g/mol. The first-order valence-electron chi connectivity index (χ1n) is 5.67. The van der Waals surface area contributed by atoms with Crippen molar-refractivity contribution in [2.24, 2.45) is 0 Å². The summed E-state index contributed by atoms with van der Waals surface area (Å²) >= 11 is 0. The van der Waals surface area contributed by atoms with Crippen LogP contribution in [-0.2, 0) is 14.3 Å². The highest BCUT2D eigenvalue weighted by Crippen LogP contribution is 2.10. The molecule has 1 N–H and O–H groups in total. The van der Waals surface area contributed by atoms with Crippen LogP contribution in [-0.4, -0.2) is 38.4 Å². The van der Waals surface area contributed by atoms with E-state index in [1.165, 1.54) is 6.42 Å². The summed E-state index contributed by atoms with van der Waals surface area (Å²) in [5.41, 5.74) is 0. The molecule has 0 aliphatic carbocycles. The van der Waals surface area contributed by atoms with E-state index < -0.39 is 0 Å². The number of nitrogens with one attached hydrogen (secondary N) is 1. The lowest BCUT2D eigenvalue weighted by atomic mass is 10.1. The van der Waals surface area contributed by atoms with Crippen LogP contribution in [0.2, 0.25) is 0 Å². The Bertz CT molecular complexity index is 188. The van der Waals surface area contributed by atoms with Crippen molar-refractivity contribution in [2.75, 3.05) is 20.3 Å². The highest BCUT2D eigenvalue weighted by atomic mass is 16.6. The summed E-state index contributed by atoms with van der Waals surface area (Å²) < 4.78 is 10.2. The molecule has 0 aromatic rings. The molecule has 1 saturated heterocycles.